The molecule has 3 rings (SSSR count). The van der Waals surface area contributed by atoms with Crippen LogP contribution < -0.4 is 10.1 Å². The SMILES string of the molecule is CC(C)CNC(=O)[C@H](Cc1ccccc1)N(Cc1ccc(F)cc1)C(=O)COc1ccc(I)cc1. The molecule has 0 spiro atoms. The maximum atomic E-state index is 13.5. The Balaban J connectivity index is 1.88. The molecule has 3 aromatic rings. The van der Waals surface area contributed by atoms with Crippen molar-refractivity contribution in [3.05, 3.63) is 99.4 Å². The third kappa shape index (κ3) is 8.65. The molecule has 1 atom stereocenters. The highest BCUT2D eigenvalue weighted by Gasteiger charge is 2.30. The van der Waals surface area contributed by atoms with Crippen molar-refractivity contribution in [3.8, 4) is 5.75 Å². The van der Waals surface area contributed by atoms with Gasteiger partial charge < -0.3 is 15.0 Å². The quantitative estimate of drug-likeness (QED) is 0.313. The lowest BCUT2D eigenvalue weighted by molar-refractivity contribution is -0.142. The molecule has 0 aliphatic rings. The Hall–Kier alpha value is -2.94. The third-order valence-electron chi connectivity index (χ3n) is 5.40. The number of hydrogen-bond acceptors (Lipinski definition) is 3. The molecule has 2 amide bonds. The first-order chi connectivity index (χ1) is 16.8. The van der Waals surface area contributed by atoms with Crippen LogP contribution in [0.3, 0.4) is 0 Å². The number of carbonyl (C=O) groups excluding carboxylic acids is 2. The van der Waals surface area contributed by atoms with E-state index in [2.05, 4.69) is 27.9 Å². The van der Waals surface area contributed by atoms with Crippen LogP contribution in [0.1, 0.15) is 25.0 Å². The number of rotatable bonds is 11. The molecule has 0 aromatic heterocycles. The number of ether oxygens (including phenoxy) is 1. The summed E-state index contributed by atoms with van der Waals surface area (Å²) >= 11 is 2.20. The van der Waals surface area contributed by atoms with E-state index in [1.54, 1.807) is 24.3 Å². The minimum absolute atomic E-state index is 0.155. The van der Waals surface area contributed by atoms with Crippen molar-refractivity contribution in [2.45, 2.75) is 32.9 Å². The second kappa shape index (κ2) is 13.2. The zero-order chi connectivity index (χ0) is 25.2. The average Bonchev–Trinajstić information content (AvgIpc) is 2.86. The molecule has 0 aliphatic heterocycles. The second-order valence-electron chi connectivity index (χ2n) is 8.74. The van der Waals surface area contributed by atoms with Gasteiger partial charge in [-0.1, -0.05) is 56.3 Å². The van der Waals surface area contributed by atoms with Gasteiger partial charge >= 0.3 is 0 Å². The number of carbonyl (C=O) groups is 2. The number of halogens is 2. The first-order valence-corrected chi connectivity index (χ1v) is 12.6. The summed E-state index contributed by atoms with van der Waals surface area (Å²) in [6.45, 7) is 4.47. The summed E-state index contributed by atoms with van der Waals surface area (Å²) in [6, 6.07) is 22.2. The average molecular weight is 588 g/mol. The molecular weight excluding hydrogens is 558 g/mol. The van der Waals surface area contributed by atoms with Gasteiger partial charge in [0.2, 0.25) is 5.91 Å². The van der Waals surface area contributed by atoms with Crippen LogP contribution in [0, 0.1) is 15.3 Å². The maximum Gasteiger partial charge on any atom is 0.261 e. The number of nitrogens with zero attached hydrogens (tertiary/aromatic N) is 1. The lowest BCUT2D eigenvalue weighted by Crippen LogP contribution is -2.52. The van der Waals surface area contributed by atoms with Gasteiger partial charge in [0.1, 0.15) is 17.6 Å². The van der Waals surface area contributed by atoms with E-state index in [9.17, 15) is 14.0 Å². The van der Waals surface area contributed by atoms with Crippen molar-refractivity contribution < 1.29 is 18.7 Å². The largest absolute Gasteiger partial charge is 0.484 e. The Bertz CT molecular complexity index is 1090. The molecule has 0 unspecified atom stereocenters. The fraction of sp³-hybridized carbons (Fsp3) is 0.286. The Morgan fingerprint density at radius 3 is 2.23 bits per heavy atom. The van der Waals surface area contributed by atoms with Gasteiger partial charge in [-0.3, -0.25) is 9.59 Å². The van der Waals surface area contributed by atoms with Gasteiger partial charge in [0.25, 0.3) is 5.91 Å². The lowest BCUT2D eigenvalue weighted by Gasteiger charge is -2.31. The van der Waals surface area contributed by atoms with Gasteiger partial charge in [0.15, 0.2) is 6.61 Å². The van der Waals surface area contributed by atoms with Crippen LogP contribution in [-0.4, -0.2) is 35.9 Å². The molecule has 7 heteroatoms. The standard InChI is InChI=1S/C28H30FIN2O3/c1-20(2)17-31-28(34)26(16-21-6-4-3-5-7-21)32(18-22-8-10-23(29)11-9-22)27(33)19-35-25-14-12-24(30)13-15-25/h3-15,20,26H,16-19H2,1-2H3,(H,31,34)/t26-/m0/s1. The molecule has 0 bridgehead atoms. The van der Waals surface area contributed by atoms with Crippen LogP contribution in [0.25, 0.3) is 0 Å². The zero-order valence-electron chi connectivity index (χ0n) is 19.9. The summed E-state index contributed by atoms with van der Waals surface area (Å²) in [6.07, 6.45) is 0.348. The van der Waals surface area contributed by atoms with Crippen LogP contribution in [0.15, 0.2) is 78.9 Å². The summed E-state index contributed by atoms with van der Waals surface area (Å²) in [5.74, 6) is -0.0730. The molecule has 1 N–H and O–H groups in total. The summed E-state index contributed by atoms with van der Waals surface area (Å²) in [5, 5.41) is 2.98. The zero-order valence-corrected chi connectivity index (χ0v) is 22.1. The maximum absolute atomic E-state index is 13.5. The molecule has 3 aromatic carbocycles. The highest BCUT2D eigenvalue weighted by atomic mass is 127. The predicted octanol–water partition coefficient (Wildman–Crippen LogP) is 5.22. The second-order valence-corrected chi connectivity index (χ2v) is 9.98. The van der Waals surface area contributed by atoms with Crippen LogP contribution >= 0.6 is 22.6 Å². The highest BCUT2D eigenvalue weighted by Crippen LogP contribution is 2.17. The summed E-state index contributed by atoms with van der Waals surface area (Å²) in [5.41, 5.74) is 1.66. The van der Waals surface area contributed by atoms with E-state index in [-0.39, 0.29) is 36.7 Å². The minimum atomic E-state index is -0.756. The predicted molar refractivity (Wildman–Crippen MR) is 143 cm³/mol. The van der Waals surface area contributed by atoms with Gasteiger partial charge in [-0.15, -0.1) is 0 Å². The number of hydrogen-bond donors (Lipinski definition) is 1. The Morgan fingerprint density at radius 2 is 1.60 bits per heavy atom. The molecule has 0 fully saturated rings. The molecule has 0 saturated carbocycles. The normalized spacial score (nSPS) is 11.7. The molecule has 35 heavy (non-hydrogen) atoms. The Kier molecular flexibility index (Phi) is 10.1. The minimum Gasteiger partial charge on any atom is -0.484 e. The molecule has 0 saturated heterocycles. The third-order valence-corrected chi connectivity index (χ3v) is 6.12. The monoisotopic (exact) mass is 588 g/mol. The van der Waals surface area contributed by atoms with Gasteiger partial charge in [0.05, 0.1) is 0 Å². The van der Waals surface area contributed by atoms with Gasteiger partial charge in [0, 0.05) is 23.1 Å². The summed E-state index contributed by atoms with van der Waals surface area (Å²) < 4.78 is 20.3. The van der Waals surface area contributed by atoms with Crippen molar-refractivity contribution in [2.24, 2.45) is 5.92 Å². The smallest absolute Gasteiger partial charge is 0.261 e. The molecular formula is C28H30FIN2O3. The lowest BCUT2D eigenvalue weighted by atomic mass is 10.0. The van der Waals surface area contributed by atoms with Crippen molar-refractivity contribution in [1.29, 1.82) is 0 Å². The van der Waals surface area contributed by atoms with E-state index >= 15 is 0 Å². The number of nitrogens with one attached hydrogen (secondary N) is 1. The molecule has 0 aliphatic carbocycles. The van der Waals surface area contributed by atoms with E-state index in [0.29, 0.717) is 18.7 Å². The van der Waals surface area contributed by atoms with Gasteiger partial charge in [-0.25, -0.2) is 4.39 Å². The van der Waals surface area contributed by atoms with Gasteiger partial charge in [-0.2, -0.15) is 0 Å². The van der Waals surface area contributed by atoms with E-state index in [1.165, 1.54) is 17.0 Å². The van der Waals surface area contributed by atoms with Crippen molar-refractivity contribution >= 4 is 34.4 Å². The molecule has 0 radical (unpaired) electrons. The topological polar surface area (TPSA) is 58.6 Å². The van der Waals surface area contributed by atoms with E-state index in [4.69, 9.17) is 4.74 Å². The van der Waals surface area contributed by atoms with Gasteiger partial charge in [-0.05, 0) is 76.0 Å². The van der Waals surface area contributed by atoms with Crippen LogP contribution in [0.5, 0.6) is 5.75 Å². The van der Waals surface area contributed by atoms with Crippen LogP contribution in [0.4, 0.5) is 4.39 Å². The Morgan fingerprint density at radius 1 is 0.943 bits per heavy atom. The van der Waals surface area contributed by atoms with Crippen LogP contribution in [0.2, 0.25) is 0 Å². The fourth-order valence-electron chi connectivity index (χ4n) is 3.52. The summed E-state index contributed by atoms with van der Waals surface area (Å²) in [4.78, 5) is 28.4. The first kappa shape index (κ1) is 26.7. The number of amides is 2. The van der Waals surface area contributed by atoms with Crippen molar-refractivity contribution in [3.63, 3.8) is 0 Å². The van der Waals surface area contributed by atoms with E-state index < -0.39 is 6.04 Å². The summed E-state index contributed by atoms with van der Waals surface area (Å²) in [7, 11) is 0. The van der Waals surface area contributed by atoms with E-state index in [0.717, 1.165) is 14.7 Å². The number of benzene rings is 3. The molecule has 0 heterocycles. The fourth-order valence-corrected chi connectivity index (χ4v) is 3.88. The van der Waals surface area contributed by atoms with Crippen molar-refractivity contribution in [1.82, 2.24) is 10.2 Å². The highest BCUT2D eigenvalue weighted by molar-refractivity contribution is 14.1. The molecule has 184 valence electrons. The van der Waals surface area contributed by atoms with Crippen LogP contribution in [-0.2, 0) is 22.6 Å². The Labute approximate surface area is 219 Å². The van der Waals surface area contributed by atoms with Crippen molar-refractivity contribution in [2.75, 3.05) is 13.2 Å². The van der Waals surface area contributed by atoms with E-state index in [1.807, 2.05) is 56.3 Å². The first-order valence-electron chi connectivity index (χ1n) is 11.6. The molecule has 5 nitrogen and oxygen atoms in total.